The molecule has 2 saturated heterocycles. The quantitative estimate of drug-likeness (QED) is 0.797. The summed E-state index contributed by atoms with van der Waals surface area (Å²) in [7, 11) is 0. The van der Waals surface area contributed by atoms with Gasteiger partial charge in [0.25, 0.3) is 5.91 Å². The molecule has 0 bridgehead atoms. The van der Waals surface area contributed by atoms with Crippen LogP contribution in [0, 0.1) is 0 Å². The number of para-hydroxylation sites is 1. The number of aromatic nitrogens is 1. The molecule has 1 amide bonds. The summed E-state index contributed by atoms with van der Waals surface area (Å²) in [4.78, 5) is 21.8. The lowest BCUT2D eigenvalue weighted by Gasteiger charge is -2.35. The van der Waals surface area contributed by atoms with Gasteiger partial charge in [0.15, 0.2) is 0 Å². The van der Waals surface area contributed by atoms with Gasteiger partial charge in [-0.3, -0.25) is 9.78 Å². The van der Waals surface area contributed by atoms with Gasteiger partial charge in [0, 0.05) is 38.1 Å². The smallest absolute Gasteiger partial charge is 0.256 e. The number of carbonyl (C=O) groups excluding carboxylic acids is 1. The Morgan fingerprint density at radius 3 is 2.75 bits per heavy atom. The summed E-state index contributed by atoms with van der Waals surface area (Å²) in [6, 6.07) is 13.7. The average molecular weight is 381 g/mol. The number of hydrogen-bond acceptors (Lipinski definition) is 5. The van der Waals surface area contributed by atoms with Gasteiger partial charge in [0.2, 0.25) is 0 Å². The van der Waals surface area contributed by atoms with E-state index in [9.17, 15) is 4.79 Å². The molecule has 1 unspecified atom stereocenters. The van der Waals surface area contributed by atoms with E-state index >= 15 is 0 Å². The van der Waals surface area contributed by atoms with Crippen molar-refractivity contribution in [1.82, 2.24) is 9.88 Å². The van der Waals surface area contributed by atoms with Crippen LogP contribution in [-0.2, 0) is 16.1 Å². The summed E-state index contributed by atoms with van der Waals surface area (Å²) in [5.74, 6) is 0.0910. The van der Waals surface area contributed by atoms with Crippen LogP contribution >= 0.6 is 0 Å². The monoisotopic (exact) mass is 381 g/mol. The second kappa shape index (κ2) is 9.17. The second-order valence-corrected chi connectivity index (χ2v) is 7.26. The summed E-state index contributed by atoms with van der Waals surface area (Å²) in [5, 5.41) is 0. The third-order valence-corrected chi connectivity index (χ3v) is 5.34. The number of nitrogens with zero attached hydrogens (tertiary/aromatic N) is 3. The van der Waals surface area contributed by atoms with Crippen LogP contribution in [0.3, 0.4) is 0 Å². The average Bonchev–Trinajstić information content (AvgIpc) is 2.79. The zero-order chi connectivity index (χ0) is 19.2. The van der Waals surface area contributed by atoms with Crippen molar-refractivity contribution in [2.45, 2.75) is 25.6 Å². The number of benzene rings is 1. The lowest BCUT2D eigenvalue weighted by molar-refractivity contribution is -0.00784. The maximum absolute atomic E-state index is 13.3. The number of carbonyl (C=O) groups is 1. The lowest BCUT2D eigenvalue weighted by atomic mass is 10.0. The minimum absolute atomic E-state index is 0.0512. The molecular formula is C22H27N3O3. The van der Waals surface area contributed by atoms with Crippen molar-refractivity contribution in [1.29, 1.82) is 0 Å². The Bertz CT molecular complexity index is 778. The molecule has 28 heavy (non-hydrogen) atoms. The molecule has 2 aliphatic rings. The number of anilines is 1. The topological polar surface area (TPSA) is 54.9 Å². The Hall–Kier alpha value is -2.44. The Labute approximate surface area is 166 Å². The van der Waals surface area contributed by atoms with E-state index < -0.39 is 0 Å². The van der Waals surface area contributed by atoms with Crippen LogP contribution in [0.25, 0.3) is 0 Å². The van der Waals surface area contributed by atoms with E-state index in [1.165, 1.54) is 0 Å². The fourth-order valence-corrected chi connectivity index (χ4v) is 3.85. The van der Waals surface area contributed by atoms with Crippen molar-refractivity contribution >= 4 is 11.6 Å². The fourth-order valence-electron chi connectivity index (χ4n) is 3.85. The van der Waals surface area contributed by atoms with Gasteiger partial charge in [-0.15, -0.1) is 0 Å². The number of pyridine rings is 1. The first-order chi connectivity index (χ1) is 13.8. The van der Waals surface area contributed by atoms with Gasteiger partial charge in [-0.1, -0.05) is 18.2 Å². The van der Waals surface area contributed by atoms with Crippen molar-refractivity contribution in [3.05, 3.63) is 59.9 Å². The molecule has 2 aliphatic heterocycles. The van der Waals surface area contributed by atoms with E-state index in [0.29, 0.717) is 26.4 Å². The number of likely N-dealkylation sites (tertiary alicyclic amines) is 1. The third-order valence-electron chi connectivity index (χ3n) is 5.34. The molecular weight excluding hydrogens is 354 g/mol. The molecule has 0 N–H and O–H groups in total. The van der Waals surface area contributed by atoms with Gasteiger partial charge in [-0.05, 0) is 37.1 Å². The molecule has 0 aliphatic carbocycles. The normalized spacial score (nSPS) is 20.2. The molecule has 2 aromatic rings. The Morgan fingerprint density at radius 2 is 1.93 bits per heavy atom. The van der Waals surface area contributed by atoms with Gasteiger partial charge < -0.3 is 19.3 Å². The van der Waals surface area contributed by atoms with Crippen LogP contribution in [0.4, 0.5) is 5.69 Å². The predicted molar refractivity (Wildman–Crippen MR) is 107 cm³/mol. The van der Waals surface area contributed by atoms with Gasteiger partial charge in [-0.25, -0.2) is 0 Å². The maximum atomic E-state index is 13.3. The van der Waals surface area contributed by atoms with E-state index in [0.717, 1.165) is 49.4 Å². The number of morpholine rings is 1. The lowest BCUT2D eigenvalue weighted by Crippen LogP contribution is -2.44. The van der Waals surface area contributed by atoms with Crippen molar-refractivity contribution in [3.63, 3.8) is 0 Å². The first-order valence-corrected chi connectivity index (χ1v) is 10.0. The Morgan fingerprint density at radius 1 is 1.11 bits per heavy atom. The minimum Gasteiger partial charge on any atom is -0.378 e. The van der Waals surface area contributed by atoms with Crippen LogP contribution in [0.5, 0.6) is 0 Å². The summed E-state index contributed by atoms with van der Waals surface area (Å²) in [5.41, 5.74) is 2.70. The summed E-state index contributed by atoms with van der Waals surface area (Å²) in [6.45, 7) is 4.94. The molecule has 0 saturated carbocycles. The van der Waals surface area contributed by atoms with E-state index in [4.69, 9.17) is 9.47 Å². The molecule has 6 nitrogen and oxygen atoms in total. The van der Waals surface area contributed by atoms with E-state index in [1.807, 2.05) is 47.4 Å². The van der Waals surface area contributed by atoms with Gasteiger partial charge >= 0.3 is 0 Å². The Kier molecular flexibility index (Phi) is 6.19. The van der Waals surface area contributed by atoms with Crippen molar-refractivity contribution < 1.29 is 14.3 Å². The number of piperidine rings is 1. The highest BCUT2D eigenvalue weighted by Gasteiger charge is 2.27. The largest absolute Gasteiger partial charge is 0.378 e. The van der Waals surface area contributed by atoms with Gasteiger partial charge in [0.05, 0.1) is 37.2 Å². The minimum atomic E-state index is 0.0512. The summed E-state index contributed by atoms with van der Waals surface area (Å²) in [6.07, 6.45) is 3.76. The van der Waals surface area contributed by atoms with Crippen LogP contribution in [0.15, 0.2) is 48.7 Å². The second-order valence-electron chi connectivity index (χ2n) is 7.26. The maximum Gasteiger partial charge on any atom is 0.256 e. The third kappa shape index (κ3) is 4.51. The van der Waals surface area contributed by atoms with Gasteiger partial charge in [0.1, 0.15) is 0 Å². The van der Waals surface area contributed by atoms with Crippen LogP contribution in [0.1, 0.15) is 28.9 Å². The van der Waals surface area contributed by atoms with Crippen LogP contribution in [-0.4, -0.2) is 61.3 Å². The summed E-state index contributed by atoms with van der Waals surface area (Å²) < 4.78 is 11.5. The van der Waals surface area contributed by atoms with Gasteiger partial charge in [-0.2, -0.15) is 0 Å². The first-order valence-electron chi connectivity index (χ1n) is 10.0. The number of amides is 1. The highest BCUT2D eigenvalue weighted by Crippen LogP contribution is 2.25. The standard InChI is InChI=1S/C22H27N3O3/c26-22(20-8-1-2-9-21(20)24-12-14-27-15-13-24)25-11-5-7-19(16-25)28-17-18-6-3-4-10-23-18/h1-4,6,8-10,19H,5,7,11-17H2. The Balaban J connectivity index is 1.41. The molecule has 6 heteroatoms. The molecule has 0 radical (unpaired) electrons. The molecule has 3 heterocycles. The van der Waals surface area contributed by atoms with E-state index in [1.54, 1.807) is 6.20 Å². The van der Waals surface area contributed by atoms with E-state index in [2.05, 4.69) is 9.88 Å². The predicted octanol–water partition coefficient (Wildman–Crippen LogP) is 2.74. The molecule has 0 spiro atoms. The molecule has 2 fully saturated rings. The van der Waals surface area contributed by atoms with Crippen LogP contribution in [0.2, 0.25) is 0 Å². The van der Waals surface area contributed by atoms with Crippen LogP contribution < -0.4 is 4.90 Å². The van der Waals surface area contributed by atoms with Crippen molar-refractivity contribution in [3.8, 4) is 0 Å². The highest BCUT2D eigenvalue weighted by atomic mass is 16.5. The van der Waals surface area contributed by atoms with E-state index in [-0.39, 0.29) is 12.0 Å². The zero-order valence-electron chi connectivity index (χ0n) is 16.1. The first kappa shape index (κ1) is 18.9. The number of rotatable bonds is 5. The zero-order valence-corrected chi connectivity index (χ0v) is 16.1. The molecule has 4 rings (SSSR count). The molecule has 1 aromatic carbocycles. The van der Waals surface area contributed by atoms with Crippen molar-refractivity contribution in [2.75, 3.05) is 44.3 Å². The number of hydrogen-bond donors (Lipinski definition) is 0. The molecule has 1 aromatic heterocycles. The molecule has 1 atom stereocenters. The molecule has 148 valence electrons. The SMILES string of the molecule is O=C(c1ccccc1N1CCOCC1)N1CCCC(OCc2ccccn2)C1. The highest BCUT2D eigenvalue weighted by molar-refractivity contribution is 6.00. The fraction of sp³-hybridized carbons (Fsp3) is 0.455. The number of ether oxygens (including phenoxy) is 2. The van der Waals surface area contributed by atoms with Crippen molar-refractivity contribution in [2.24, 2.45) is 0 Å². The summed E-state index contributed by atoms with van der Waals surface area (Å²) >= 11 is 0.